The lowest BCUT2D eigenvalue weighted by Crippen LogP contribution is -2.55. The summed E-state index contributed by atoms with van der Waals surface area (Å²) >= 11 is 0. The smallest absolute Gasteiger partial charge is 0.324 e. The number of aryl methyl sites for hydroxylation is 1. The fourth-order valence-corrected chi connectivity index (χ4v) is 10.7. The summed E-state index contributed by atoms with van der Waals surface area (Å²) in [5.74, 6) is 0.475. The number of nitrogens with one attached hydrogen (secondary N) is 2. The molecule has 5 aromatic rings. The molecule has 0 unspecified atom stereocenters. The van der Waals surface area contributed by atoms with Crippen LogP contribution in [0.25, 0.3) is 21.9 Å². The second-order valence-electron chi connectivity index (χ2n) is 18.3. The van der Waals surface area contributed by atoms with Crippen molar-refractivity contribution in [3.8, 4) is 0 Å². The zero-order chi connectivity index (χ0) is 45.1. The van der Waals surface area contributed by atoms with Gasteiger partial charge in [-0.3, -0.25) is 24.0 Å². The number of urea groups is 1. The summed E-state index contributed by atoms with van der Waals surface area (Å²) in [7, 11) is 4.01. The van der Waals surface area contributed by atoms with E-state index in [1.165, 1.54) is 33.5 Å². The molecule has 2 saturated heterocycles. The third-order valence-electron chi connectivity index (χ3n) is 13.9. The van der Waals surface area contributed by atoms with Crippen molar-refractivity contribution in [1.82, 2.24) is 44.6 Å². The maximum Gasteiger partial charge on any atom is 0.324 e. The third kappa shape index (κ3) is 9.44. The van der Waals surface area contributed by atoms with E-state index in [1.54, 1.807) is 10.6 Å². The molecule has 4 atom stereocenters. The van der Waals surface area contributed by atoms with E-state index in [1.807, 2.05) is 34.0 Å². The monoisotopic (exact) mass is 878 g/mol. The van der Waals surface area contributed by atoms with Crippen LogP contribution in [0.4, 0.5) is 9.18 Å². The van der Waals surface area contributed by atoms with E-state index in [-0.39, 0.29) is 35.2 Å². The maximum atomic E-state index is 13.7. The first-order valence-electron chi connectivity index (χ1n) is 23.2. The number of imide groups is 1. The number of aliphatic hydroxyl groups is 1. The molecule has 0 spiro atoms. The highest BCUT2D eigenvalue weighted by molar-refractivity contribution is 5.96. The number of aliphatic hydroxyl groups excluding tert-OH is 1. The lowest BCUT2D eigenvalue weighted by molar-refractivity contribution is -0.135. The molecule has 3 aliphatic heterocycles. The fourth-order valence-electron chi connectivity index (χ4n) is 10.7. The van der Waals surface area contributed by atoms with Crippen molar-refractivity contribution < 1.29 is 23.6 Å². The highest BCUT2D eigenvalue weighted by Gasteiger charge is 2.44. The number of piperidine rings is 2. The second kappa shape index (κ2) is 19.9. The standard InChI is InChI=1S/C26H37N5O2.C23H27FN4O3/c1-5-11-30-17-19(25(32)31(26(33)27-6-2)13-8-12-29(3)4)14-21-20-9-7-10-22-24(20)18(16-28-22)15-23(21)30;1-14-17(23(30)28-9-2-3-19(29)22(28)25-14)8-12-27-10-6-15(7-11-27)21-18-5-4-16(24)13-20(18)31-26-21/h5,7,9-10,16,19,21,23,28H,1,6,8,11-15,17H2,2-4H3,(H,27,33);4-5,13,15,19,29H,2-3,6-12H2,1H3/t19-,21-,23-;19-/m11/s1. The molecule has 14 nitrogen and oxygen atoms in total. The number of aromatic amines is 1. The SMILES string of the molecule is C=CCN1C[C@H](C(=O)N(CCCN(C)C)C(=O)NCC)C[C@@H]2c3cccc4[nH]cc(c34)C[C@H]21.Cc1nc2n(c(=O)c1CCN1CCC(c3noc4cc(F)ccc34)CC1)CCC[C@H]2O. The van der Waals surface area contributed by atoms with Gasteiger partial charge in [0, 0.05) is 97.0 Å². The predicted octanol–water partition coefficient (Wildman–Crippen LogP) is 6.28. The lowest BCUT2D eigenvalue weighted by Gasteiger charge is -2.47. The van der Waals surface area contributed by atoms with E-state index >= 15 is 0 Å². The molecule has 0 saturated carbocycles. The lowest BCUT2D eigenvalue weighted by atomic mass is 9.72. The predicted molar refractivity (Wildman–Crippen MR) is 246 cm³/mol. The molecule has 15 heteroatoms. The Balaban J connectivity index is 0.000000175. The van der Waals surface area contributed by atoms with Crippen LogP contribution in [-0.2, 0) is 24.2 Å². The van der Waals surface area contributed by atoms with E-state index in [9.17, 15) is 23.9 Å². The normalized spacial score (nSPS) is 21.3. The summed E-state index contributed by atoms with van der Waals surface area (Å²) in [6, 6.07) is 11.1. The van der Waals surface area contributed by atoms with E-state index in [0.717, 1.165) is 99.1 Å². The quantitative estimate of drug-likeness (QED) is 0.122. The van der Waals surface area contributed by atoms with Gasteiger partial charge in [0.25, 0.3) is 5.56 Å². The Morgan fingerprint density at radius 3 is 2.70 bits per heavy atom. The number of halogens is 1. The van der Waals surface area contributed by atoms with Crippen LogP contribution in [0.5, 0.6) is 0 Å². The van der Waals surface area contributed by atoms with E-state index in [4.69, 9.17) is 4.52 Å². The molecular formula is C49H64FN9O5. The minimum Gasteiger partial charge on any atom is -0.385 e. The zero-order valence-corrected chi connectivity index (χ0v) is 37.8. The summed E-state index contributed by atoms with van der Waals surface area (Å²) in [4.78, 5) is 55.8. The molecule has 6 heterocycles. The first-order chi connectivity index (χ1) is 30.9. The zero-order valence-electron chi connectivity index (χ0n) is 37.8. The number of amides is 3. The Hall–Kier alpha value is -5.22. The molecule has 2 aromatic carbocycles. The van der Waals surface area contributed by atoms with Gasteiger partial charge in [-0.25, -0.2) is 14.2 Å². The van der Waals surface area contributed by atoms with Crippen molar-refractivity contribution in [2.45, 2.75) is 95.7 Å². The number of H-pyrrole nitrogens is 1. The summed E-state index contributed by atoms with van der Waals surface area (Å²) in [5, 5.41) is 19.4. The van der Waals surface area contributed by atoms with Crippen molar-refractivity contribution in [3.63, 3.8) is 0 Å². The Labute approximate surface area is 374 Å². The van der Waals surface area contributed by atoms with Gasteiger partial charge in [0.15, 0.2) is 5.58 Å². The molecule has 64 heavy (non-hydrogen) atoms. The van der Waals surface area contributed by atoms with Crippen molar-refractivity contribution in [2.75, 3.05) is 66.5 Å². The van der Waals surface area contributed by atoms with Gasteiger partial charge < -0.3 is 29.7 Å². The topological polar surface area (TPSA) is 156 Å². The van der Waals surface area contributed by atoms with Crippen molar-refractivity contribution >= 4 is 33.8 Å². The van der Waals surface area contributed by atoms with Crippen LogP contribution in [-0.4, -0.2) is 129 Å². The van der Waals surface area contributed by atoms with Crippen LogP contribution in [0, 0.1) is 18.7 Å². The van der Waals surface area contributed by atoms with Crippen LogP contribution in [0.2, 0.25) is 0 Å². The highest BCUT2D eigenvalue weighted by Crippen LogP contribution is 2.45. The third-order valence-corrected chi connectivity index (χ3v) is 13.9. The van der Waals surface area contributed by atoms with Gasteiger partial charge in [0.2, 0.25) is 5.91 Å². The van der Waals surface area contributed by atoms with Crippen molar-refractivity contribution in [2.24, 2.45) is 5.92 Å². The molecule has 2 fully saturated rings. The number of carbonyl (C=O) groups excluding carboxylic acids is 2. The van der Waals surface area contributed by atoms with E-state index < -0.39 is 6.10 Å². The van der Waals surface area contributed by atoms with Crippen LogP contribution in [0.1, 0.15) is 97.3 Å². The van der Waals surface area contributed by atoms with Gasteiger partial charge in [0.05, 0.1) is 11.6 Å². The number of carbonyl (C=O) groups is 2. The first-order valence-corrected chi connectivity index (χ1v) is 23.2. The van der Waals surface area contributed by atoms with Crippen LogP contribution in [0.3, 0.4) is 0 Å². The van der Waals surface area contributed by atoms with Crippen LogP contribution >= 0.6 is 0 Å². The number of aromatic nitrogens is 4. The van der Waals surface area contributed by atoms with Gasteiger partial charge >= 0.3 is 6.03 Å². The number of likely N-dealkylation sites (tertiary alicyclic amines) is 2. The second-order valence-corrected chi connectivity index (χ2v) is 18.3. The van der Waals surface area contributed by atoms with E-state index in [2.05, 4.69) is 66.1 Å². The van der Waals surface area contributed by atoms with E-state index in [0.29, 0.717) is 62.4 Å². The van der Waals surface area contributed by atoms with Crippen LogP contribution in [0.15, 0.2) is 64.6 Å². The maximum absolute atomic E-state index is 13.7. The molecule has 0 bridgehead atoms. The van der Waals surface area contributed by atoms with Crippen LogP contribution < -0.4 is 10.9 Å². The molecule has 0 radical (unpaired) electrons. The fraction of sp³-hybridized carbons (Fsp3) is 0.531. The van der Waals surface area contributed by atoms with Gasteiger partial charge in [-0.15, -0.1) is 6.58 Å². The summed E-state index contributed by atoms with van der Waals surface area (Å²) in [5.41, 5.74) is 6.74. The number of hydrogen-bond donors (Lipinski definition) is 3. The van der Waals surface area contributed by atoms with Gasteiger partial charge in [-0.05, 0) is 128 Å². The van der Waals surface area contributed by atoms with Crippen molar-refractivity contribution in [3.05, 3.63) is 105 Å². The average Bonchev–Trinajstić information content (AvgIpc) is 3.90. The molecule has 3 N–H and O–H groups in total. The number of hydrogen-bond acceptors (Lipinski definition) is 10. The Morgan fingerprint density at radius 2 is 1.94 bits per heavy atom. The average molecular weight is 878 g/mol. The minimum atomic E-state index is -0.641. The molecular weight excluding hydrogens is 814 g/mol. The van der Waals surface area contributed by atoms with Gasteiger partial charge in [-0.1, -0.05) is 23.4 Å². The molecule has 342 valence electrons. The minimum absolute atomic E-state index is 0.00237. The molecule has 3 aromatic heterocycles. The summed E-state index contributed by atoms with van der Waals surface area (Å²) in [6.07, 6.45) is 9.94. The number of nitrogens with zero attached hydrogens (tertiary/aromatic N) is 7. The number of rotatable bonds is 12. The number of benzene rings is 2. The largest absolute Gasteiger partial charge is 0.385 e. The Morgan fingerprint density at radius 1 is 1.12 bits per heavy atom. The molecule has 3 amide bonds. The van der Waals surface area contributed by atoms with Crippen molar-refractivity contribution in [1.29, 1.82) is 0 Å². The Bertz CT molecular complexity index is 2520. The molecule has 1 aliphatic carbocycles. The summed E-state index contributed by atoms with van der Waals surface area (Å²) < 4.78 is 20.4. The molecule has 4 aliphatic rings. The Kier molecular flexibility index (Phi) is 14.1. The molecule has 9 rings (SSSR count). The number of fused-ring (bicyclic) bond motifs is 4. The highest BCUT2D eigenvalue weighted by atomic mass is 19.1. The van der Waals surface area contributed by atoms with Gasteiger partial charge in [-0.2, -0.15) is 0 Å². The summed E-state index contributed by atoms with van der Waals surface area (Å²) in [6.45, 7) is 14.2. The first kappa shape index (κ1) is 45.4. The van der Waals surface area contributed by atoms with Gasteiger partial charge in [0.1, 0.15) is 17.7 Å².